The van der Waals surface area contributed by atoms with E-state index in [2.05, 4.69) is 0 Å². The second kappa shape index (κ2) is 6.30. The molecule has 86 valence electrons. The Bertz CT molecular complexity index is 352. The van der Waals surface area contributed by atoms with Crippen LogP contribution in [-0.2, 0) is 4.74 Å². The summed E-state index contributed by atoms with van der Waals surface area (Å²) in [5.41, 5.74) is 0.373. The van der Waals surface area contributed by atoms with Crippen molar-refractivity contribution in [2.24, 2.45) is 0 Å². The van der Waals surface area contributed by atoms with Gasteiger partial charge in [-0.1, -0.05) is 31.5 Å². The number of hydrogen-bond donors (Lipinski definition) is 2. The first-order valence-corrected chi connectivity index (χ1v) is 5.29. The summed E-state index contributed by atoms with van der Waals surface area (Å²) in [6, 6.07) is 6.30. The summed E-state index contributed by atoms with van der Waals surface area (Å²) in [7, 11) is -1.66. The summed E-state index contributed by atoms with van der Waals surface area (Å²) in [5.74, 6) is -0.517. The number of carbonyl (C=O) groups excluding carboxylic acids is 1. The molecule has 1 aromatic rings. The van der Waals surface area contributed by atoms with Crippen molar-refractivity contribution in [3.63, 3.8) is 0 Å². The average molecular weight is 222 g/mol. The first-order valence-electron chi connectivity index (χ1n) is 5.29. The number of hydrogen-bond acceptors (Lipinski definition) is 4. The number of carbonyl (C=O) groups is 1. The summed E-state index contributed by atoms with van der Waals surface area (Å²) in [4.78, 5) is 11.6. The lowest BCUT2D eigenvalue weighted by molar-refractivity contribution is 0.0501. The molecule has 0 aliphatic rings. The Kier molecular flexibility index (Phi) is 5.02. The zero-order valence-corrected chi connectivity index (χ0v) is 9.22. The van der Waals surface area contributed by atoms with E-state index in [4.69, 9.17) is 14.8 Å². The van der Waals surface area contributed by atoms with Gasteiger partial charge < -0.3 is 14.8 Å². The van der Waals surface area contributed by atoms with Crippen LogP contribution >= 0.6 is 0 Å². The summed E-state index contributed by atoms with van der Waals surface area (Å²) in [5, 5.41) is 18.1. The van der Waals surface area contributed by atoms with Crippen LogP contribution in [0.1, 0.15) is 30.1 Å². The molecule has 0 spiro atoms. The van der Waals surface area contributed by atoms with Crippen molar-refractivity contribution in [3.8, 4) is 0 Å². The lowest BCUT2D eigenvalue weighted by Gasteiger charge is -2.08. The van der Waals surface area contributed by atoms with Gasteiger partial charge in [0.25, 0.3) is 0 Å². The third kappa shape index (κ3) is 3.36. The molecular formula is C11H15BO4. The molecule has 0 amide bonds. The third-order valence-electron chi connectivity index (χ3n) is 2.19. The van der Waals surface area contributed by atoms with Crippen LogP contribution in [0.4, 0.5) is 0 Å². The highest BCUT2D eigenvalue weighted by Gasteiger charge is 2.20. The average Bonchev–Trinajstić information content (AvgIpc) is 2.29. The van der Waals surface area contributed by atoms with Crippen molar-refractivity contribution in [2.45, 2.75) is 19.8 Å². The predicted octanol–water partition coefficient (Wildman–Crippen LogP) is 0.323. The Morgan fingerprint density at radius 3 is 2.69 bits per heavy atom. The van der Waals surface area contributed by atoms with Gasteiger partial charge in [-0.25, -0.2) is 4.79 Å². The first-order chi connectivity index (χ1) is 7.66. The molecule has 0 bridgehead atoms. The van der Waals surface area contributed by atoms with Crippen LogP contribution < -0.4 is 5.46 Å². The standard InChI is InChI=1S/C11H15BO4/c1-2-3-8-16-11(13)9-6-4-5-7-10(9)12(14)15/h4-7,14-15H,2-3,8H2,1H3. The van der Waals surface area contributed by atoms with Crippen molar-refractivity contribution in [1.29, 1.82) is 0 Å². The number of unbranched alkanes of at least 4 members (excludes halogenated alkanes) is 1. The van der Waals surface area contributed by atoms with Crippen molar-refractivity contribution < 1.29 is 19.6 Å². The molecule has 4 nitrogen and oxygen atoms in total. The van der Waals surface area contributed by atoms with E-state index in [1.165, 1.54) is 12.1 Å². The van der Waals surface area contributed by atoms with Crippen molar-refractivity contribution in [1.82, 2.24) is 0 Å². The maximum Gasteiger partial charge on any atom is 0.489 e. The Morgan fingerprint density at radius 1 is 1.38 bits per heavy atom. The van der Waals surface area contributed by atoms with Crippen LogP contribution in [0.2, 0.25) is 0 Å². The Balaban J connectivity index is 2.74. The predicted molar refractivity (Wildman–Crippen MR) is 61.5 cm³/mol. The highest BCUT2D eigenvalue weighted by Crippen LogP contribution is 2.01. The molecular weight excluding hydrogens is 207 g/mol. The van der Waals surface area contributed by atoms with Gasteiger partial charge in [-0.2, -0.15) is 0 Å². The van der Waals surface area contributed by atoms with Crippen molar-refractivity contribution >= 4 is 18.6 Å². The molecule has 0 heterocycles. The second-order valence-corrected chi connectivity index (χ2v) is 3.45. The molecule has 1 rings (SSSR count). The molecule has 0 aromatic heterocycles. The molecule has 0 fully saturated rings. The van der Waals surface area contributed by atoms with Gasteiger partial charge in [-0.3, -0.25) is 0 Å². The molecule has 0 radical (unpaired) electrons. The van der Waals surface area contributed by atoms with Crippen LogP contribution in [0.3, 0.4) is 0 Å². The number of rotatable bonds is 5. The molecule has 0 aliphatic carbocycles. The van der Waals surface area contributed by atoms with E-state index in [9.17, 15) is 4.79 Å². The van der Waals surface area contributed by atoms with Gasteiger partial charge in [-0.15, -0.1) is 0 Å². The third-order valence-corrected chi connectivity index (χ3v) is 2.19. The molecule has 16 heavy (non-hydrogen) atoms. The Labute approximate surface area is 95.0 Å². The summed E-state index contributed by atoms with van der Waals surface area (Å²) >= 11 is 0. The van der Waals surface area contributed by atoms with Gasteiger partial charge in [0.2, 0.25) is 0 Å². The Hall–Kier alpha value is -1.33. The molecule has 2 N–H and O–H groups in total. The highest BCUT2D eigenvalue weighted by molar-refractivity contribution is 6.60. The molecule has 1 aromatic carbocycles. The maximum atomic E-state index is 11.6. The maximum absolute atomic E-state index is 11.6. The smallest absolute Gasteiger partial charge is 0.462 e. The fraction of sp³-hybridized carbons (Fsp3) is 0.364. The van der Waals surface area contributed by atoms with Crippen LogP contribution in [-0.4, -0.2) is 29.7 Å². The largest absolute Gasteiger partial charge is 0.489 e. The molecule has 0 atom stereocenters. The molecule has 5 heteroatoms. The van der Waals surface area contributed by atoms with Crippen LogP contribution in [0.25, 0.3) is 0 Å². The quantitative estimate of drug-likeness (QED) is 0.427. The second-order valence-electron chi connectivity index (χ2n) is 3.45. The minimum absolute atomic E-state index is 0.170. The zero-order valence-electron chi connectivity index (χ0n) is 9.22. The fourth-order valence-corrected chi connectivity index (χ4v) is 1.30. The van der Waals surface area contributed by atoms with Crippen molar-refractivity contribution in [2.75, 3.05) is 6.61 Å². The topological polar surface area (TPSA) is 66.8 Å². The van der Waals surface area contributed by atoms with E-state index in [-0.39, 0.29) is 11.0 Å². The van der Waals surface area contributed by atoms with E-state index in [1.54, 1.807) is 12.1 Å². The van der Waals surface area contributed by atoms with Gasteiger partial charge in [0.1, 0.15) is 0 Å². The Morgan fingerprint density at radius 2 is 2.06 bits per heavy atom. The van der Waals surface area contributed by atoms with E-state index in [1.807, 2.05) is 6.92 Å². The van der Waals surface area contributed by atoms with E-state index >= 15 is 0 Å². The van der Waals surface area contributed by atoms with E-state index in [0.717, 1.165) is 12.8 Å². The normalized spacial score (nSPS) is 9.94. The van der Waals surface area contributed by atoms with E-state index < -0.39 is 13.1 Å². The van der Waals surface area contributed by atoms with Crippen LogP contribution in [0.5, 0.6) is 0 Å². The zero-order chi connectivity index (χ0) is 12.0. The van der Waals surface area contributed by atoms with Gasteiger partial charge in [0.05, 0.1) is 12.2 Å². The molecule has 0 saturated heterocycles. The van der Waals surface area contributed by atoms with Crippen LogP contribution in [0, 0.1) is 0 Å². The minimum Gasteiger partial charge on any atom is -0.462 e. The molecule has 0 aliphatic heterocycles. The lowest BCUT2D eigenvalue weighted by Crippen LogP contribution is -2.35. The van der Waals surface area contributed by atoms with E-state index in [0.29, 0.717) is 6.61 Å². The molecule has 0 unspecified atom stereocenters. The fourth-order valence-electron chi connectivity index (χ4n) is 1.30. The highest BCUT2D eigenvalue weighted by atomic mass is 16.5. The lowest BCUT2D eigenvalue weighted by atomic mass is 9.77. The SMILES string of the molecule is CCCCOC(=O)c1ccccc1B(O)O. The summed E-state index contributed by atoms with van der Waals surface area (Å²) < 4.78 is 5.00. The number of ether oxygens (including phenoxy) is 1. The van der Waals surface area contributed by atoms with Crippen molar-refractivity contribution in [3.05, 3.63) is 29.8 Å². The summed E-state index contributed by atoms with van der Waals surface area (Å²) in [6.45, 7) is 2.35. The van der Waals surface area contributed by atoms with Gasteiger partial charge >= 0.3 is 13.1 Å². The monoisotopic (exact) mass is 222 g/mol. The number of esters is 1. The summed E-state index contributed by atoms with van der Waals surface area (Å²) in [6.07, 6.45) is 1.74. The number of benzene rings is 1. The van der Waals surface area contributed by atoms with Gasteiger partial charge in [-0.05, 0) is 17.9 Å². The minimum atomic E-state index is -1.66. The molecule has 0 saturated carbocycles. The van der Waals surface area contributed by atoms with Gasteiger partial charge in [0, 0.05) is 0 Å². The van der Waals surface area contributed by atoms with Crippen LogP contribution in [0.15, 0.2) is 24.3 Å². The van der Waals surface area contributed by atoms with Gasteiger partial charge in [0.15, 0.2) is 0 Å². The first kappa shape index (κ1) is 12.7.